The number of benzene rings is 2. The quantitative estimate of drug-likeness (QED) is 0.239. The number of carbonyl (C=O) groups is 2. The number of carbonyl (C=O) groups excluding carboxylic acids is 2. The molecule has 0 saturated heterocycles. The number of nitrogens with one attached hydrogen (secondary N) is 2. The number of aryl methyl sites for hydroxylation is 1. The molecule has 0 unspecified atom stereocenters. The minimum absolute atomic E-state index is 0.0305. The van der Waals surface area contributed by atoms with Gasteiger partial charge >= 0.3 is 0 Å². The number of hydrogen-bond acceptors (Lipinski definition) is 5. The van der Waals surface area contributed by atoms with E-state index in [0.29, 0.717) is 21.6 Å². The Hall–Kier alpha value is -1.82. The first-order valence-corrected chi connectivity index (χ1v) is 13.2. The molecule has 1 aromatic heterocycles. The third-order valence-corrected chi connectivity index (χ3v) is 7.31. The molecule has 3 aromatic rings. The van der Waals surface area contributed by atoms with Gasteiger partial charge in [-0.1, -0.05) is 48.8 Å². The summed E-state index contributed by atoms with van der Waals surface area (Å²) in [6.07, 6.45) is 0. The van der Waals surface area contributed by atoms with Gasteiger partial charge in [0.1, 0.15) is 0 Å². The van der Waals surface area contributed by atoms with Crippen LogP contribution in [0.4, 0.5) is 5.69 Å². The van der Waals surface area contributed by atoms with Gasteiger partial charge in [-0.2, -0.15) is 0 Å². The standard InChI is InChI=1S/C23H24Cl2IN5O2S/c1-12(2)20(28-22(33)16-7-5-14(24)10-17(16)25)21-29-30-23(31(21)4)34-11-19(32)27-18-8-6-15(26)9-13(18)3/h5-10,12,20H,11H2,1-4H3,(H,27,32)(H,28,33)/t20-/m0/s1. The number of nitrogens with zero attached hydrogens (tertiary/aromatic N) is 3. The van der Waals surface area contributed by atoms with Gasteiger partial charge in [-0.25, -0.2) is 0 Å². The van der Waals surface area contributed by atoms with Crippen molar-refractivity contribution in [2.75, 3.05) is 11.1 Å². The van der Waals surface area contributed by atoms with Gasteiger partial charge in [0.15, 0.2) is 11.0 Å². The van der Waals surface area contributed by atoms with Crippen LogP contribution in [0, 0.1) is 16.4 Å². The summed E-state index contributed by atoms with van der Waals surface area (Å²) < 4.78 is 2.90. The normalized spacial score (nSPS) is 12.0. The van der Waals surface area contributed by atoms with Crippen molar-refractivity contribution in [3.63, 3.8) is 0 Å². The van der Waals surface area contributed by atoms with Crippen LogP contribution in [0.15, 0.2) is 41.6 Å². The van der Waals surface area contributed by atoms with Crippen molar-refractivity contribution < 1.29 is 9.59 Å². The van der Waals surface area contributed by atoms with Gasteiger partial charge in [0, 0.05) is 21.3 Å². The molecule has 3 rings (SSSR count). The van der Waals surface area contributed by atoms with Crippen molar-refractivity contribution in [1.82, 2.24) is 20.1 Å². The second-order valence-electron chi connectivity index (χ2n) is 8.02. The molecule has 0 fully saturated rings. The van der Waals surface area contributed by atoms with Crippen LogP contribution in [-0.2, 0) is 11.8 Å². The Morgan fingerprint density at radius 2 is 1.88 bits per heavy atom. The first-order valence-electron chi connectivity index (χ1n) is 10.4. The van der Waals surface area contributed by atoms with Crippen molar-refractivity contribution in [2.24, 2.45) is 13.0 Å². The molecule has 0 saturated carbocycles. The van der Waals surface area contributed by atoms with Gasteiger partial charge in [0.2, 0.25) is 5.91 Å². The second-order valence-corrected chi connectivity index (χ2v) is 11.0. The van der Waals surface area contributed by atoms with Crippen LogP contribution < -0.4 is 10.6 Å². The van der Waals surface area contributed by atoms with Crippen molar-refractivity contribution in [2.45, 2.75) is 32.0 Å². The number of halogens is 3. The Morgan fingerprint density at radius 3 is 2.53 bits per heavy atom. The molecule has 0 radical (unpaired) electrons. The molecule has 34 heavy (non-hydrogen) atoms. The Bertz CT molecular complexity index is 1220. The van der Waals surface area contributed by atoms with E-state index in [2.05, 4.69) is 43.4 Å². The fourth-order valence-corrected chi connectivity index (χ4v) is 5.09. The van der Waals surface area contributed by atoms with E-state index >= 15 is 0 Å². The lowest BCUT2D eigenvalue weighted by molar-refractivity contribution is -0.113. The Balaban J connectivity index is 1.69. The fourth-order valence-electron chi connectivity index (χ4n) is 3.23. The maximum absolute atomic E-state index is 12.9. The highest BCUT2D eigenvalue weighted by atomic mass is 127. The largest absolute Gasteiger partial charge is 0.342 e. The number of aromatic nitrogens is 3. The molecule has 11 heteroatoms. The lowest BCUT2D eigenvalue weighted by Crippen LogP contribution is -2.33. The highest BCUT2D eigenvalue weighted by Crippen LogP contribution is 2.27. The molecule has 0 aliphatic heterocycles. The molecule has 2 aromatic carbocycles. The Morgan fingerprint density at radius 1 is 1.15 bits per heavy atom. The summed E-state index contributed by atoms with van der Waals surface area (Å²) in [6.45, 7) is 5.91. The zero-order chi connectivity index (χ0) is 25.0. The first kappa shape index (κ1) is 26.8. The highest BCUT2D eigenvalue weighted by Gasteiger charge is 2.26. The SMILES string of the molecule is Cc1cc(I)ccc1NC(=O)CSc1nnc([C@@H](NC(=O)c2ccc(Cl)cc2Cl)C(C)C)n1C. The Labute approximate surface area is 226 Å². The van der Waals surface area contributed by atoms with Crippen molar-refractivity contribution in [1.29, 1.82) is 0 Å². The minimum atomic E-state index is -0.408. The van der Waals surface area contributed by atoms with Gasteiger partial charge in [-0.05, 0) is 77.4 Å². The average Bonchev–Trinajstić information content (AvgIpc) is 3.12. The van der Waals surface area contributed by atoms with Crippen molar-refractivity contribution in [3.8, 4) is 0 Å². The van der Waals surface area contributed by atoms with Crippen LogP contribution >= 0.6 is 57.6 Å². The number of rotatable bonds is 8. The molecule has 0 aliphatic rings. The third kappa shape index (κ3) is 6.65. The summed E-state index contributed by atoms with van der Waals surface area (Å²) in [6, 6.07) is 10.2. The summed E-state index contributed by atoms with van der Waals surface area (Å²) in [5.41, 5.74) is 2.12. The van der Waals surface area contributed by atoms with E-state index in [0.717, 1.165) is 14.8 Å². The predicted octanol–water partition coefficient (Wildman–Crippen LogP) is 5.89. The number of amides is 2. The number of hydrogen-bond donors (Lipinski definition) is 2. The van der Waals surface area contributed by atoms with Crippen LogP contribution in [0.2, 0.25) is 10.0 Å². The first-order chi connectivity index (χ1) is 16.1. The summed E-state index contributed by atoms with van der Waals surface area (Å²) in [5, 5.41) is 15.8. The van der Waals surface area contributed by atoms with Crippen LogP contribution in [0.3, 0.4) is 0 Å². The lowest BCUT2D eigenvalue weighted by Gasteiger charge is -2.22. The summed E-state index contributed by atoms with van der Waals surface area (Å²) in [7, 11) is 1.82. The topological polar surface area (TPSA) is 88.9 Å². The second kappa shape index (κ2) is 11.7. The molecule has 2 N–H and O–H groups in total. The summed E-state index contributed by atoms with van der Waals surface area (Å²) in [4.78, 5) is 25.3. The predicted molar refractivity (Wildman–Crippen MR) is 146 cm³/mol. The molecule has 180 valence electrons. The van der Waals surface area contributed by atoms with Gasteiger partial charge in [0.05, 0.1) is 22.4 Å². The molecule has 0 aliphatic carbocycles. The molecular formula is C23H24Cl2IN5O2S. The zero-order valence-corrected chi connectivity index (χ0v) is 23.5. The monoisotopic (exact) mass is 631 g/mol. The molecule has 7 nitrogen and oxygen atoms in total. The van der Waals surface area contributed by atoms with Crippen LogP contribution in [0.25, 0.3) is 0 Å². The van der Waals surface area contributed by atoms with Gasteiger partial charge in [0.25, 0.3) is 5.91 Å². The van der Waals surface area contributed by atoms with E-state index in [9.17, 15) is 9.59 Å². The summed E-state index contributed by atoms with van der Waals surface area (Å²) >= 11 is 15.7. The summed E-state index contributed by atoms with van der Waals surface area (Å²) in [5.74, 6) is 0.332. The zero-order valence-electron chi connectivity index (χ0n) is 19.0. The van der Waals surface area contributed by atoms with Crippen LogP contribution in [0.5, 0.6) is 0 Å². The molecule has 2 amide bonds. The maximum atomic E-state index is 12.9. The maximum Gasteiger partial charge on any atom is 0.253 e. The van der Waals surface area contributed by atoms with Gasteiger partial charge in [-0.15, -0.1) is 10.2 Å². The highest BCUT2D eigenvalue weighted by molar-refractivity contribution is 14.1. The van der Waals surface area contributed by atoms with Crippen molar-refractivity contribution >= 4 is 75.1 Å². The number of thioether (sulfide) groups is 1. The number of anilines is 1. The fraction of sp³-hybridized carbons (Fsp3) is 0.304. The smallest absolute Gasteiger partial charge is 0.253 e. The van der Waals surface area contributed by atoms with Gasteiger partial charge < -0.3 is 15.2 Å². The molecule has 0 bridgehead atoms. The van der Waals surface area contributed by atoms with E-state index < -0.39 is 6.04 Å². The van der Waals surface area contributed by atoms with Crippen LogP contribution in [-0.4, -0.2) is 32.3 Å². The van der Waals surface area contributed by atoms with E-state index in [1.54, 1.807) is 16.7 Å². The Kier molecular flexibility index (Phi) is 9.25. The van der Waals surface area contributed by atoms with E-state index in [4.69, 9.17) is 23.2 Å². The lowest BCUT2D eigenvalue weighted by atomic mass is 10.0. The van der Waals surface area contributed by atoms with E-state index in [-0.39, 0.29) is 28.5 Å². The molecule has 0 spiro atoms. The molecule has 1 atom stereocenters. The molecule has 1 heterocycles. The van der Waals surface area contributed by atoms with Crippen molar-refractivity contribution in [3.05, 3.63) is 67.0 Å². The molecular weight excluding hydrogens is 608 g/mol. The van der Waals surface area contributed by atoms with Crippen LogP contribution in [0.1, 0.15) is 41.6 Å². The van der Waals surface area contributed by atoms with Gasteiger partial charge in [-0.3, -0.25) is 9.59 Å². The minimum Gasteiger partial charge on any atom is -0.342 e. The average molecular weight is 632 g/mol. The van der Waals surface area contributed by atoms with E-state index in [1.165, 1.54) is 17.8 Å². The van der Waals surface area contributed by atoms with E-state index in [1.807, 2.05) is 46.0 Å². The third-order valence-electron chi connectivity index (χ3n) is 5.07.